The van der Waals surface area contributed by atoms with Gasteiger partial charge in [-0.05, 0) is 18.4 Å². The molecule has 1 aliphatic rings. The monoisotopic (exact) mass is 281 g/mol. The van der Waals surface area contributed by atoms with E-state index in [0.717, 1.165) is 16.8 Å². The first-order valence-electron chi connectivity index (χ1n) is 6.41. The Hall–Kier alpha value is -1.82. The Morgan fingerprint density at radius 2 is 1.90 bits per heavy atom. The molecule has 0 unspecified atom stereocenters. The second-order valence-corrected chi connectivity index (χ2v) is 5.07. The fraction of sp³-hybridized carbons (Fsp3) is 0.357. The zero-order valence-corrected chi connectivity index (χ0v) is 10.7. The summed E-state index contributed by atoms with van der Waals surface area (Å²) >= 11 is 0. The summed E-state index contributed by atoms with van der Waals surface area (Å²) in [5, 5.41) is 9.42. The molecule has 0 aliphatic heterocycles. The van der Waals surface area contributed by atoms with E-state index in [0.29, 0.717) is 0 Å². The van der Waals surface area contributed by atoms with Crippen LogP contribution in [0.15, 0.2) is 36.5 Å². The first-order valence-corrected chi connectivity index (χ1v) is 6.41. The standard InChI is InChI=1S/C14H14F3N3/c15-14(16,17)13(6-7-13)18-8-11-9-19-20-12(11)10-4-2-1-3-5-10/h1-5,9,18H,6-8H2,(H,19,20). The van der Waals surface area contributed by atoms with Crippen LogP contribution in [0.1, 0.15) is 18.4 Å². The predicted molar refractivity (Wildman–Crippen MR) is 68.9 cm³/mol. The number of H-pyrrole nitrogens is 1. The van der Waals surface area contributed by atoms with Gasteiger partial charge in [-0.15, -0.1) is 0 Å². The molecule has 1 aromatic heterocycles. The van der Waals surface area contributed by atoms with Crippen molar-refractivity contribution in [2.75, 3.05) is 0 Å². The predicted octanol–water partition coefficient (Wildman–Crippen LogP) is 3.26. The number of hydrogen-bond acceptors (Lipinski definition) is 2. The molecule has 0 radical (unpaired) electrons. The van der Waals surface area contributed by atoms with Crippen molar-refractivity contribution in [1.82, 2.24) is 15.5 Å². The highest BCUT2D eigenvalue weighted by atomic mass is 19.4. The third-order valence-corrected chi connectivity index (χ3v) is 3.69. The van der Waals surface area contributed by atoms with Gasteiger partial charge >= 0.3 is 6.18 Å². The van der Waals surface area contributed by atoms with Gasteiger partial charge < -0.3 is 0 Å². The first-order chi connectivity index (χ1) is 9.52. The molecule has 0 amide bonds. The molecule has 6 heteroatoms. The van der Waals surface area contributed by atoms with E-state index >= 15 is 0 Å². The molecule has 1 aliphatic carbocycles. The molecular formula is C14H14F3N3. The van der Waals surface area contributed by atoms with Crippen LogP contribution in [0.4, 0.5) is 13.2 Å². The highest BCUT2D eigenvalue weighted by Crippen LogP contribution is 2.49. The zero-order chi connectivity index (χ0) is 14.2. The fourth-order valence-electron chi connectivity index (χ4n) is 2.25. The Kier molecular flexibility index (Phi) is 3.05. The van der Waals surface area contributed by atoms with Gasteiger partial charge in [0.05, 0.1) is 11.9 Å². The van der Waals surface area contributed by atoms with Crippen LogP contribution in [-0.4, -0.2) is 21.9 Å². The van der Waals surface area contributed by atoms with E-state index in [4.69, 9.17) is 0 Å². The molecule has 0 bridgehead atoms. The molecule has 1 aromatic carbocycles. The van der Waals surface area contributed by atoms with Crippen LogP contribution < -0.4 is 5.32 Å². The van der Waals surface area contributed by atoms with Gasteiger partial charge in [0, 0.05) is 12.1 Å². The molecule has 1 heterocycles. The van der Waals surface area contributed by atoms with Crippen LogP contribution in [-0.2, 0) is 6.54 Å². The first kappa shape index (κ1) is 13.2. The molecule has 0 spiro atoms. The minimum absolute atomic E-state index is 0.148. The van der Waals surface area contributed by atoms with E-state index in [2.05, 4.69) is 15.5 Å². The lowest BCUT2D eigenvalue weighted by Gasteiger charge is -2.20. The Morgan fingerprint density at radius 3 is 2.50 bits per heavy atom. The van der Waals surface area contributed by atoms with E-state index in [1.54, 1.807) is 6.20 Å². The third-order valence-electron chi connectivity index (χ3n) is 3.69. The van der Waals surface area contributed by atoms with Crippen molar-refractivity contribution in [3.05, 3.63) is 42.1 Å². The molecule has 1 fully saturated rings. The van der Waals surface area contributed by atoms with Crippen LogP contribution in [0.2, 0.25) is 0 Å². The third kappa shape index (κ3) is 2.31. The summed E-state index contributed by atoms with van der Waals surface area (Å²) in [5.74, 6) is 0. The average molecular weight is 281 g/mol. The van der Waals surface area contributed by atoms with Crippen molar-refractivity contribution < 1.29 is 13.2 Å². The second kappa shape index (κ2) is 4.63. The minimum Gasteiger partial charge on any atom is -0.299 e. The highest BCUT2D eigenvalue weighted by Gasteiger charge is 2.62. The second-order valence-electron chi connectivity index (χ2n) is 5.07. The molecule has 2 N–H and O–H groups in total. The summed E-state index contributed by atoms with van der Waals surface area (Å²) in [5.41, 5.74) is 0.722. The summed E-state index contributed by atoms with van der Waals surface area (Å²) in [6.07, 6.45) is -2.32. The van der Waals surface area contributed by atoms with Crippen molar-refractivity contribution in [2.24, 2.45) is 0 Å². The van der Waals surface area contributed by atoms with Gasteiger partial charge in [-0.25, -0.2) is 0 Å². The highest BCUT2D eigenvalue weighted by molar-refractivity contribution is 5.62. The number of halogens is 3. The number of nitrogens with zero attached hydrogens (tertiary/aromatic N) is 1. The van der Waals surface area contributed by atoms with Crippen LogP contribution in [0.5, 0.6) is 0 Å². The number of aromatic amines is 1. The number of benzene rings is 1. The SMILES string of the molecule is FC(F)(F)C1(NCc2cn[nH]c2-c2ccccc2)CC1. The van der Waals surface area contributed by atoms with Gasteiger partial charge in [-0.3, -0.25) is 10.4 Å². The minimum atomic E-state index is -4.19. The normalized spacial score (nSPS) is 17.1. The van der Waals surface area contributed by atoms with Crippen molar-refractivity contribution in [3.8, 4) is 11.3 Å². The summed E-state index contributed by atoms with van der Waals surface area (Å²) in [6.45, 7) is 0.153. The zero-order valence-electron chi connectivity index (χ0n) is 10.7. The Bertz CT molecular complexity index is 585. The van der Waals surface area contributed by atoms with Crippen LogP contribution >= 0.6 is 0 Å². The summed E-state index contributed by atoms with van der Waals surface area (Å²) in [7, 11) is 0. The number of alkyl halides is 3. The van der Waals surface area contributed by atoms with Crippen molar-refractivity contribution in [1.29, 1.82) is 0 Å². The lowest BCUT2D eigenvalue weighted by atomic mass is 10.1. The Balaban J connectivity index is 1.76. The lowest BCUT2D eigenvalue weighted by Crippen LogP contribution is -2.44. The molecule has 0 atom stereocenters. The fourth-order valence-corrected chi connectivity index (χ4v) is 2.25. The molecule has 3 nitrogen and oxygen atoms in total. The van der Waals surface area contributed by atoms with Gasteiger partial charge in [0.1, 0.15) is 5.54 Å². The summed E-state index contributed by atoms with van der Waals surface area (Å²) in [6, 6.07) is 9.44. The van der Waals surface area contributed by atoms with Crippen LogP contribution in [0, 0.1) is 0 Å². The Labute approximate surface area is 114 Å². The largest absolute Gasteiger partial charge is 0.406 e. The maximum atomic E-state index is 12.9. The van der Waals surface area contributed by atoms with Gasteiger partial charge in [0.2, 0.25) is 0 Å². The van der Waals surface area contributed by atoms with E-state index in [1.165, 1.54) is 0 Å². The lowest BCUT2D eigenvalue weighted by molar-refractivity contribution is -0.166. The topological polar surface area (TPSA) is 40.7 Å². The number of hydrogen-bond donors (Lipinski definition) is 2. The Morgan fingerprint density at radius 1 is 1.20 bits per heavy atom. The van der Waals surface area contributed by atoms with Gasteiger partial charge in [0.15, 0.2) is 0 Å². The van der Waals surface area contributed by atoms with E-state index in [9.17, 15) is 13.2 Å². The molecule has 3 rings (SSSR count). The molecule has 20 heavy (non-hydrogen) atoms. The van der Waals surface area contributed by atoms with Gasteiger partial charge in [0.25, 0.3) is 0 Å². The number of rotatable bonds is 4. The maximum absolute atomic E-state index is 12.9. The number of nitrogens with one attached hydrogen (secondary N) is 2. The molecule has 106 valence electrons. The van der Waals surface area contributed by atoms with E-state index < -0.39 is 11.7 Å². The molecule has 2 aromatic rings. The van der Waals surface area contributed by atoms with Crippen LogP contribution in [0.25, 0.3) is 11.3 Å². The van der Waals surface area contributed by atoms with Gasteiger partial charge in [-0.1, -0.05) is 30.3 Å². The van der Waals surface area contributed by atoms with Crippen molar-refractivity contribution in [2.45, 2.75) is 31.1 Å². The average Bonchev–Trinajstić information content (AvgIpc) is 3.09. The van der Waals surface area contributed by atoms with Crippen molar-refractivity contribution in [3.63, 3.8) is 0 Å². The molecular weight excluding hydrogens is 267 g/mol. The van der Waals surface area contributed by atoms with E-state index in [1.807, 2.05) is 30.3 Å². The maximum Gasteiger partial charge on any atom is 0.406 e. The van der Waals surface area contributed by atoms with Crippen LogP contribution in [0.3, 0.4) is 0 Å². The molecule has 0 saturated heterocycles. The molecule has 1 saturated carbocycles. The smallest absolute Gasteiger partial charge is 0.299 e. The number of aromatic nitrogens is 2. The summed E-state index contributed by atoms with van der Waals surface area (Å²) < 4.78 is 38.6. The quantitative estimate of drug-likeness (QED) is 0.903. The van der Waals surface area contributed by atoms with Crippen molar-refractivity contribution >= 4 is 0 Å². The van der Waals surface area contributed by atoms with Gasteiger partial charge in [-0.2, -0.15) is 18.3 Å². The van der Waals surface area contributed by atoms with E-state index in [-0.39, 0.29) is 19.4 Å². The summed E-state index contributed by atoms with van der Waals surface area (Å²) in [4.78, 5) is 0.